The normalized spacial score (nSPS) is 54.0. The van der Waals surface area contributed by atoms with Crippen molar-refractivity contribution < 1.29 is 5.11 Å². The van der Waals surface area contributed by atoms with Crippen LogP contribution in [0.1, 0.15) is 52.9 Å². The van der Waals surface area contributed by atoms with E-state index in [1.54, 1.807) is 0 Å². The molecule has 92 valence electrons. The Morgan fingerprint density at radius 1 is 1.12 bits per heavy atom. The molecule has 3 rings (SSSR count). The molecule has 0 aliphatic heterocycles. The van der Waals surface area contributed by atoms with Crippen molar-refractivity contribution in [2.24, 2.45) is 34.5 Å². The fraction of sp³-hybridized carbons (Fsp3) is 1.00. The van der Waals surface area contributed by atoms with Crippen molar-refractivity contribution in [2.45, 2.75) is 52.9 Å². The molecule has 1 heteroatoms. The van der Waals surface area contributed by atoms with E-state index in [2.05, 4.69) is 20.8 Å². The van der Waals surface area contributed by atoms with Crippen LogP contribution >= 0.6 is 0 Å². The maximum absolute atomic E-state index is 9.59. The number of rotatable bonds is 1. The molecular weight excluding hydrogens is 196 g/mol. The van der Waals surface area contributed by atoms with Crippen molar-refractivity contribution in [3.05, 3.63) is 0 Å². The summed E-state index contributed by atoms with van der Waals surface area (Å²) in [5, 5.41) is 9.59. The van der Waals surface area contributed by atoms with E-state index in [9.17, 15) is 5.11 Å². The summed E-state index contributed by atoms with van der Waals surface area (Å²) in [6, 6.07) is 0. The molecule has 0 amide bonds. The summed E-state index contributed by atoms with van der Waals surface area (Å²) in [6.45, 7) is 7.90. The van der Waals surface area contributed by atoms with Crippen LogP contribution in [-0.4, -0.2) is 11.7 Å². The molecule has 0 radical (unpaired) electrons. The monoisotopic (exact) mass is 222 g/mol. The molecule has 3 aliphatic rings. The minimum absolute atomic E-state index is 0.434. The van der Waals surface area contributed by atoms with Gasteiger partial charge in [0.05, 0.1) is 0 Å². The Bertz CT molecular complexity index is 296. The van der Waals surface area contributed by atoms with Crippen molar-refractivity contribution in [1.29, 1.82) is 0 Å². The van der Waals surface area contributed by atoms with Gasteiger partial charge in [-0.15, -0.1) is 0 Å². The molecule has 0 spiro atoms. The van der Waals surface area contributed by atoms with Crippen LogP contribution in [0.5, 0.6) is 0 Å². The molecule has 0 aromatic carbocycles. The average molecular weight is 222 g/mol. The summed E-state index contributed by atoms with van der Waals surface area (Å²) < 4.78 is 0. The minimum atomic E-state index is 0.434. The highest BCUT2D eigenvalue weighted by Crippen LogP contribution is 2.69. The van der Waals surface area contributed by atoms with Gasteiger partial charge in [-0.3, -0.25) is 0 Å². The zero-order chi connectivity index (χ0) is 11.6. The summed E-state index contributed by atoms with van der Waals surface area (Å²) in [7, 11) is 0. The van der Waals surface area contributed by atoms with E-state index in [4.69, 9.17) is 0 Å². The molecule has 0 heterocycles. The minimum Gasteiger partial charge on any atom is -0.396 e. The van der Waals surface area contributed by atoms with Crippen LogP contribution in [0.2, 0.25) is 0 Å². The molecule has 5 atom stereocenters. The predicted molar refractivity (Wildman–Crippen MR) is 66.0 cm³/mol. The molecule has 3 fully saturated rings. The van der Waals surface area contributed by atoms with Gasteiger partial charge in [-0.2, -0.15) is 0 Å². The zero-order valence-electron chi connectivity index (χ0n) is 11.0. The molecule has 0 aromatic rings. The fourth-order valence-corrected chi connectivity index (χ4v) is 5.87. The SMILES string of the molecule is CC1(C)CC[C@@]2(C)C[C@@H]3CC[C@H](CO)[C@@H]3[C@@H]12. The number of aliphatic hydroxyl groups is 1. The maximum Gasteiger partial charge on any atom is 0.0462 e. The topological polar surface area (TPSA) is 20.2 Å². The highest BCUT2D eigenvalue weighted by molar-refractivity contribution is 5.11. The van der Waals surface area contributed by atoms with Gasteiger partial charge in [-0.25, -0.2) is 0 Å². The number of aliphatic hydroxyl groups excluding tert-OH is 1. The lowest BCUT2D eigenvalue weighted by atomic mass is 9.67. The third kappa shape index (κ3) is 1.27. The van der Waals surface area contributed by atoms with Crippen molar-refractivity contribution in [3.8, 4) is 0 Å². The van der Waals surface area contributed by atoms with Gasteiger partial charge in [0.2, 0.25) is 0 Å². The summed E-state index contributed by atoms with van der Waals surface area (Å²) in [4.78, 5) is 0. The summed E-state index contributed by atoms with van der Waals surface area (Å²) >= 11 is 0. The number of hydrogen-bond acceptors (Lipinski definition) is 1. The summed E-state index contributed by atoms with van der Waals surface area (Å²) in [5.74, 6) is 3.28. The Morgan fingerprint density at radius 3 is 2.56 bits per heavy atom. The fourth-order valence-electron chi connectivity index (χ4n) is 5.87. The van der Waals surface area contributed by atoms with Gasteiger partial charge in [-0.1, -0.05) is 20.8 Å². The molecular formula is C15H26O. The first-order valence-corrected chi connectivity index (χ1v) is 7.09. The van der Waals surface area contributed by atoms with E-state index in [0.717, 1.165) is 17.8 Å². The molecule has 0 bridgehead atoms. The Balaban J connectivity index is 1.96. The van der Waals surface area contributed by atoms with E-state index in [-0.39, 0.29) is 0 Å². The smallest absolute Gasteiger partial charge is 0.0462 e. The Hall–Kier alpha value is -0.0400. The lowest BCUT2D eigenvalue weighted by Gasteiger charge is -2.38. The quantitative estimate of drug-likeness (QED) is 0.720. The highest BCUT2D eigenvalue weighted by Gasteiger charge is 2.62. The predicted octanol–water partition coefficient (Wildman–Crippen LogP) is 3.47. The molecule has 1 nitrogen and oxygen atoms in total. The van der Waals surface area contributed by atoms with Crippen LogP contribution in [0.25, 0.3) is 0 Å². The molecule has 16 heavy (non-hydrogen) atoms. The second-order valence-corrected chi connectivity index (χ2v) is 7.68. The average Bonchev–Trinajstić information content (AvgIpc) is 2.76. The Kier molecular flexibility index (Phi) is 2.25. The number of hydrogen-bond donors (Lipinski definition) is 1. The third-order valence-electron chi connectivity index (χ3n) is 6.28. The van der Waals surface area contributed by atoms with Crippen LogP contribution < -0.4 is 0 Å². The van der Waals surface area contributed by atoms with E-state index < -0.39 is 0 Å². The Labute approximate surface area is 99.6 Å². The van der Waals surface area contributed by atoms with E-state index >= 15 is 0 Å². The van der Waals surface area contributed by atoms with Gasteiger partial charge in [-0.05, 0) is 66.6 Å². The van der Waals surface area contributed by atoms with Crippen LogP contribution in [-0.2, 0) is 0 Å². The van der Waals surface area contributed by atoms with Crippen LogP contribution in [0, 0.1) is 34.5 Å². The zero-order valence-corrected chi connectivity index (χ0v) is 11.0. The summed E-state index contributed by atoms with van der Waals surface area (Å²) in [5.41, 5.74) is 1.12. The lowest BCUT2D eigenvalue weighted by Crippen LogP contribution is -2.33. The maximum atomic E-state index is 9.59. The molecule has 3 saturated carbocycles. The standard InChI is InChI=1S/C15H26O/c1-14(2)6-7-15(3)8-10-4-5-11(9-16)12(10)13(14)15/h10-13,16H,4-9H2,1-3H3/t10-,11+,12+,13-,15-/m0/s1. The largest absolute Gasteiger partial charge is 0.396 e. The molecule has 0 saturated heterocycles. The lowest BCUT2D eigenvalue weighted by molar-refractivity contribution is 0.0763. The Morgan fingerprint density at radius 2 is 1.88 bits per heavy atom. The molecule has 0 aromatic heterocycles. The van der Waals surface area contributed by atoms with E-state index in [1.807, 2.05) is 0 Å². The first-order valence-electron chi connectivity index (χ1n) is 7.09. The van der Waals surface area contributed by atoms with Crippen molar-refractivity contribution >= 4 is 0 Å². The van der Waals surface area contributed by atoms with Crippen molar-refractivity contribution in [3.63, 3.8) is 0 Å². The first-order chi connectivity index (χ1) is 7.48. The van der Waals surface area contributed by atoms with Crippen molar-refractivity contribution in [1.82, 2.24) is 0 Å². The van der Waals surface area contributed by atoms with E-state index in [0.29, 0.717) is 23.4 Å². The van der Waals surface area contributed by atoms with Gasteiger partial charge in [0.15, 0.2) is 0 Å². The van der Waals surface area contributed by atoms with Gasteiger partial charge in [0.25, 0.3) is 0 Å². The van der Waals surface area contributed by atoms with Gasteiger partial charge in [0, 0.05) is 6.61 Å². The first kappa shape index (κ1) is 11.1. The van der Waals surface area contributed by atoms with Crippen molar-refractivity contribution in [2.75, 3.05) is 6.61 Å². The molecule has 0 unspecified atom stereocenters. The number of fused-ring (bicyclic) bond motifs is 3. The van der Waals surface area contributed by atoms with Crippen LogP contribution in [0.15, 0.2) is 0 Å². The van der Waals surface area contributed by atoms with Crippen LogP contribution in [0.3, 0.4) is 0 Å². The highest BCUT2D eigenvalue weighted by atomic mass is 16.3. The van der Waals surface area contributed by atoms with E-state index in [1.165, 1.54) is 32.1 Å². The molecule has 3 aliphatic carbocycles. The third-order valence-corrected chi connectivity index (χ3v) is 6.28. The van der Waals surface area contributed by atoms with Gasteiger partial charge >= 0.3 is 0 Å². The molecule has 1 N–H and O–H groups in total. The second kappa shape index (κ2) is 3.25. The summed E-state index contributed by atoms with van der Waals surface area (Å²) in [6.07, 6.45) is 6.94. The van der Waals surface area contributed by atoms with Gasteiger partial charge in [0.1, 0.15) is 0 Å². The van der Waals surface area contributed by atoms with Crippen LogP contribution in [0.4, 0.5) is 0 Å². The van der Waals surface area contributed by atoms with Gasteiger partial charge < -0.3 is 5.11 Å². The second-order valence-electron chi connectivity index (χ2n) is 7.68.